The van der Waals surface area contributed by atoms with Gasteiger partial charge in [0.25, 0.3) is 0 Å². The zero-order valence-electron chi connectivity index (χ0n) is 21.3. The van der Waals surface area contributed by atoms with E-state index in [9.17, 15) is 13.2 Å². The van der Waals surface area contributed by atoms with Crippen molar-refractivity contribution in [3.63, 3.8) is 0 Å². The first-order chi connectivity index (χ1) is 19.5. The summed E-state index contributed by atoms with van der Waals surface area (Å²) in [6.07, 6.45) is -2.46. The molecule has 7 heteroatoms. The number of halogens is 3. The Hall–Kier alpha value is -4.45. The number of imidazole rings is 1. The Bertz CT molecular complexity index is 2190. The molecule has 0 fully saturated rings. The van der Waals surface area contributed by atoms with Crippen molar-refractivity contribution in [2.75, 3.05) is 0 Å². The van der Waals surface area contributed by atoms with E-state index >= 15 is 0 Å². The van der Waals surface area contributed by atoms with Crippen molar-refractivity contribution in [3.05, 3.63) is 121 Å². The van der Waals surface area contributed by atoms with Crippen LogP contribution in [0, 0.1) is 6.07 Å². The van der Waals surface area contributed by atoms with Crippen LogP contribution in [0.25, 0.3) is 71.5 Å². The molecular formula is C34H19F3IrN3-. The van der Waals surface area contributed by atoms with E-state index in [0.717, 1.165) is 49.7 Å². The second kappa shape index (κ2) is 9.30. The van der Waals surface area contributed by atoms with Crippen LogP contribution >= 0.6 is 0 Å². The van der Waals surface area contributed by atoms with Crippen LogP contribution in [0.4, 0.5) is 13.2 Å². The van der Waals surface area contributed by atoms with Crippen molar-refractivity contribution in [2.45, 2.75) is 6.30 Å². The van der Waals surface area contributed by atoms with Gasteiger partial charge in [-0.05, 0) is 40.8 Å². The van der Waals surface area contributed by atoms with Gasteiger partial charge in [-0.2, -0.15) is 0 Å². The van der Waals surface area contributed by atoms with E-state index < -0.39 is 6.30 Å². The van der Waals surface area contributed by atoms with Gasteiger partial charge >= 0.3 is 6.30 Å². The molecule has 0 saturated heterocycles. The van der Waals surface area contributed by atoms with Crippen LogP contribution in [-0.2, 0) is 26.4 Å². The van der Waals surface area contributed by atoms with Gasteiger partial charge in [-0.15, -0.1) is 42.8 Å². The minimum absolute atomic E-state index is 0. The summed E-state index contributed by atoms with van der Waals surface area (Å²) < 4.78 is 44.3. The molecule has 0 aliphatic heterocycles. The molecule has 0 amide bonds. The van der Waals surface area contributed by atoms with Crippen LogP contribution in [0.2, 0.25) is 0 Å². The van der Waals surface area contributed by atoms with Crippen molar-refractivity contribution in [2.24, 2.45) is 0 Å². The summed E-state index contributed by atoms with van der Waals surface area (Å²) >= 11 is 0. The molecule has 8 aromatic rings. The number of benzene rings is 5. The first-order valence-corrected chi connectivity index (χ1v) is 12.9. The summed E-state index contributed by atoms with van der Waals surface area (Å²) in [5.41, 5.74) is 5.79. The molecule has 0 bridgehead atoms. The number of pyridine rings is 1. The van der Waals surface area contributed by atoms with Crippen molar-refractivity contribution < 1.29 is 33.3 Å². The van der Waals surface area contributed by atoms with Crippen molar-refractivity contribution in [1.29, 1.82) is 0 Å². The minimum atomic E-state index is -4.51. The van der Waals surface area contributed by atoms with Gasteiger partial charge in [0.1, 0.15) is 0 Å². The normalized spacial score (nSPS) is 12.1. The number of rotatable bonds is 2. The summed E-state index contributed by atoms with van der Waals surface area (Å²) in [7, 11) is 0. The number of fused-ring (bicyclic) bond motifs is 9. The predicted molar refractivity (Wildman–Crippen MR) is 154 cm³/mol. The fourth-order valence-corrected chi connectivity index (χ4v) is 5.90. The molecule has 3 nitrogen and oxygen atoms in total. The van der Waals surface area contributed by atoms with Gasteiger partial charge in [-0.25, -0.2) is 0 Å². The third kappa shape index (κ3) is 3.88. The first kappa shape index (κ1) is 25.5. The van der Waals surface area contributed by atoms with E-state index in [2.05, 4.69) is 28.7 Å². The molecule has 0 atom stereocenters. The second-order valence-electron chi connectivity index (χ2n) is 9.93. The average molecular weight is 719 g/mol. The zero-order valence-corrected chi connectivity index (χ0v) is 23.7. The molecule has 0 aliphatic carbocycles. The third-order valence-electron chi connectivity index (χ3n) is 7.68. The molecule has 201 valence electrons. The van der Waals surface area contributed by atoms with Crippen LogP contribution in [-0.4, -0.2) is 14.0 Å². The Morgan fingerprint density at radius 2 is 1.22 bits per heavy atom. The maximum Gasteiger partial charge on any atom is 0.489 e. The minimum Gasteiger partial charge on any atom is -0.339 e. The molecule has 0 saturated carbocycles. The van der Waals surface area contributed by atoms with E-state index in [1.54, 1.807) is 30.3 Å². The number of hydrogen-bond donors (Lipinski definition) is 0. The third-order valence-corrected chi connectivity index (χ3v) is 7.68. The Balaban J connectivity index is 0.00000276. The topological polar surface area (TPSA) is 22.2 Å². The molecule has 41 heavy (non-hydrogen) atoms. The fraction of sp³-hybridized carbons (Fsp3) is 0.0294. The van der Waals surface area contributed by atoms with Crippen LogP contribution in [0.1, 0.15) is 0 Å². The quantitative estimate of drug-likeness (QED) is 0.129. The Kier molecular flexibility index (Phi) is 5.79. The maximum atomic E-state index is 13.9. The zero-order chi connectivity index (χ0) is 27.0. The van der Waals surface area contributed by atoms with Gasteiger partial charge in [0.2, 0.25) is 0 Å². The van der Waals surface area contributed by atoms with E-state index in [0.29, 0.717) is 15.3 Å². The number of hydrogen-bond acceptors (Lipinski definition) is 1. The Morgan fingerprint density at radius 1 is 0.610 bits per heavy atom. The van der Waals surface area contributed by atoms with E-state index in [-0.39, 0.29) is 31.1 Å². The maximum absolute atomic E-state index is 13.9. The fourth-order valence-electron chi connectivity index (χ4n) is 5.90. The van der Waals surface area contributed by atoms with Gasteiger partial charge in [-0.3, -0.25) is 9.55 Å². The van der Waals surface area contributed by atoms with Gasteiger partial charge in [0, 0.05) is 48.2 Å². The molecule has 8 rings (SSSR count). The van der Waals surface area contributed by atoms with Gasteiger partial charge in [-0.1, -0.05) is 72.1 Å². The van der Waals surface area contributed by atoms with Crippen molar-refractivity contribution in [3.8, 4) is 22.4 Å². The molecule has 3 heterocycles. The monoisotopic (exact) mass is 719 g/mol. The average Bonchev–Trinajstić information content (AvgIpc) is 3.58. The van der Waals surface area contributed by atoms with Gasteiger partial charge in [0.05, 0.1) is 22.4 Å². The SMILES string of the molecule is FC(F)(F)n1c2ccccc2c2cc(-c3ccc(-c4cn5c6ccccc6c6ccc[c-]c6c5n4)cc3)ccc21.[Ir]. The van der Waals surface area contributed by atoms with E-state index in [4.69, 9.17) is 4.98 Å². The molecular weight excluding hydrogens is 700 g/mol. The molecule has 0 aliphatic rings. The van der Waals surface area contributed by atoms with Gasteiger partial charge in [0.15, 0.2) is 0 Å². The van der Waals surface area contributed by atoms with E-state index in [1.807, 2.05) is 60.8 Å². The number of nitrogens with zero attached hydrogens (tertiary/aromatic N) is 3. The van der Waals surface area contributed by atoms with Crippen LogP contribution < -0.4 is 0 Å². The van der Waals surface area contributed by atoms with E-state index in [1.165, 1.54) is 6.07 Å². The molecule has 3 aromatic heterocycles. The summed E-state index contributed by atoms with van der Waals surface area (Å²) in [6, 6.07) is 37.4. The number of aromatic nitrogens is 3. The van der Waals surface area contributed by atoms with Crippen LogP contribution in [0.5, 0.6) is 0 Å². The molecule has 0 unspecified atom stereocenters. The smallest absolute Gasteiger partial charge is 0.339 e. The summed E-state index contributed by atoms with van der Waals surface area (Å²) in [5.74, 6) is 0. The Labute approximate surface area is 245 Å². The van der Waals surface area contributed by atoms with Crippen LogP contribution in [0.3, 0.4) is 0 Å². The first-order valence-electron chi connectivity index (χ1n) is 12.9. The molecule has 0 spiro atoms. The second-order valence-corrected chi connectivity index (χ2v) is 9.93. The van der Waals surface area contributed by atoms with Crippen molar-refractivity contribution >= 4 is 49.1 Å². The van der Waals surface area contributed by atoms with Crippen LogP contribution in [0.15, 0.2) is 115 Å². The van der Waals surface area contributed by atoms with Gasteiger partial charge < -0.3 is 4.40 Å². The largest absolute Gasteiger partial charge is 0.489 e. The molecule has 5 aromatic carbocycles. The summed E-state index contributed by atoms with van der Waals surface area (Å²) in [4.78, 5) is 4.99. The summed E-state index contributed by atoms with van der Waals surface area (Å²) in [5, 5.41) is 4.37. The number of alkyl halides is 3. The Morgan fingerprint density at radius 3 is 1.98 bits per heavy atom. The molecule has 0 N–H and O–H groups in total. The summed E-state index contributed by atoms with van der Waals surface area (Å²) in [6.45, 7) is 0. The predicted octanol–water partition coefficient (Wildman–Crippen LogP) is 9.36. The van der Waals surface area contributed by atoms with Crippen molar-refractivity contribution in [1.82, 2.24) is 14.0 Å². The standard InChI is InChI=1S/C34H19F3N3.Ir/c35-34(36,37)40-31-12-6-4-9-26(31)28-19-23(17-18-32(28)40)21-13-15-22(16-14-21)29-20-39-30-11-5-3-8-25(30)24-7-1-2-10-27(24)33(39)38-29;/h1-9,11-20H;/q-1;. The number of para-hydroxylation sites is 2. The molecule has 1 radical (unpaired) electrons.